The molecule has 0 radical (unpaired) electrons. The first-order valence-corrected chi connectivity index (χ1v) is 7.80. The maximum atomic E-state index is 11.8. The van der Waals surface area contributed by atoms with Gasteiger partial charge in [0.05, 0.1) is 10.3 Å². The van der Waals surface area contributed by atoms with Gasteiger partial charge in [0.1, 0.15) is 0 Å². The molecule has 92 valence electrons. The van der Waals surface area contributed by atoms with E-state index in [2.05, 4.69) is 0 Å². The molecule has 0 aliphatic heterocycles. The molecule has 0 heterocycles. The molecular formula is C13H16O3S. The zero-order valence-electron chi connectivity index (χ0n) is 9.81. The van der Waals surface area contributed by atoms with Crippen molar-refractivity contribution in [1.82, 2.24) is 0 Å². The molecule has 0 aromatic heterocycles. The molecule has 0 spiro atoms. The predicted molar refractivity (Wildman–Crippen MR) is 65.3 cm³/mol. The predicted octanol–water partition coefficient (Wildman–Crippen LogP) is 1.70. The molecular weight excluding hydrogens is 236 g/mol. The lowest BCUT2D eigenvalue weighted by Crippen LogP contribution is -2.19. The first-order chi connectivity index (χ1) is 7.87. The number of aliphatic hydroxyl groups is 1. The van der Waals surface area contributed by atoms with Crippen LogP contribution in [0.25, 0.3) is 0 Å². The zero-order chi connectivity index (χ0) is 12.3. The number of hydrogen-bond donors (Lipinski definition) is 1. The van der Waals surface area contributed by atoms with Crippen LogP contribution in [0.2, 0.25) is 0 Å². The summed E-state index contributed by atoms with van der Waals surface area (Å²) in [4.78, 5) is 0. The zero-order valence-corrected chi connectivity index (χ0v) is 10.6. The molecule has 2 aliphatic rings. The van der Waals surface area contributed by atoms with E-state index in [1.165, 1.54) is 6.26 Å². The van der Waals surface area contributed by atoms with Crippen LogP contribution in [0.4, 0.5) is 0 Å². The molecule has 0 amide bonds. The molecule has 2 fully saturated rings. The highest BCUT2D eigenvalue weighted by atomic mass is 32.2. The minimum absolute atomic E-state index is 0.639. The van der Waals surface area contributed by atoms with Crippen molar-refractivity contribution in [2.45, 2.75) is 36.0 Å². The van der Waals surface area contributed by atoms with Crippen LogP contribution in [0.1, 0.15) is 36.8 Å². The van der Waals surface area contributed by atoms with Gasteiger partial charge in [-0.3, -0.25) is 0 Å². The molecule has 1 aromatic carbocycles. The van der Waals surface area contributed by atoms with Gasteiger partial charge in [-0.15, -0.1) is 0 Å². The van der Waals surface area contributed by atoms with E-state index in [0.717, 1.165) is 36.8 Å². The van der Waals surface area contributed by atoms with Gasteiger partial charge >= 0.3 is 0 Å². The first kappa shape index (κ1) is 11.2. The Kier molecular flexibility index (Phi) is 2.06. The average molecular weight is 252 g/mol. The van der Waals surface area contributed by atoms with Crippen molar-refractivity contribution in [3.8, 4) is 0 Å². The van der Waals surface area contributed by atoms with Crippen LogP contribution in [-0.4, -0.2) is 19.8 Å². The Morgan fingerprint density at radius 3 is 1.82 bits per heavy atom. The monoisotopic (exact) mass is 252 g/mol. The summed E-state index contributed by atoms with van der Waals surface area (Å²) in [6, 6.07) is 7.46. The second-order valence-corrected chi connectivity index (χ2v) is 7.70. The normalized spacial score (nSPS) is 24.4. The summed E-state index contributed by atoms with van der Waals surface area (Å²) in [6.45, 7) is 0. The smallest absolute Gasteiger partial charge is 0.157 e. The fourth-order valence-electron chi connectivity index (χ4n) is 2.48. The van der Waals surface area contributed by atoms with Gasteiger partial charge in [-0.1, -0.05) is 24.3 Å². The third kappa shape index (κ3) is 1.62. The second-order valence-electron chi connectivity index (χ2n) is 5.38. The Hall–Kier alpha value is -0.870. The van der Waals surface area contributed by atoms with Crippen LogP contribution in [-0.2, 0) is 20.2 Å². The van der Waals surface area contributed by atoms with Crippen LogP contribution in [0.15, 0.2) is 24.3 Å². The molecule has 2 aliphatic carbocycles. The molecule has 4 heteroatoms. The molecule has 1 aromatic rings. The quantitative estimate of drug-likeness (QED) is 0.891. The summed E-state index contributed by atoms with van der Waals surface area (Å²) in [5, 5.41) is 9.95. The summed E-state index contributed by atoms with van der Waals surface area (Å²) in [7, 11) is -3.04. The fraction of sp³-hybridized carbons (Fsp3) is 0.538. The van der Waals surface area contributed by atoms with Crippen molar-refractivity contribution in [2.75, 3.05) is 6.26 Å². The molecule has 0 bridgehead atoms. The number of sulfone groups is 1. The van der Waals surface area contributed by atoms with Crippen molar-refractivity contribution in [2.24, 2.45) is 0 Å². The van der Waals surface area contributed by atoms with Crippen LogP contribution in [0.5, 0.6) is 0 Å². The maximum absolute atomic E-state index is 11.8. The molecule has 17 heavy (non-hydrogen) atoms. The minimum Gasteiger partial charge on any atom is -0.385 e. The highest BCUT2D eigenvalue weighted by molar-refractivity contribution is 7.92. The molecule has 3 nitrogen and oxygen atoms in total. The van der Waals surface area contributed by atoms with Crippen LogP contribution in [0, 0.1) is 0 Å². The lowest BCUT2D eigenvalue weighted by molar-refractivity contribution is 0.151. The lowest BCUT2D eigenvalue weighted by Gasteiger charge is -2.15. The summed E-state index contributed by atoms with van der Waals surface area (Å²) >= 11 is 0. The summed E-state index contributed by atoms with van der Waals surface area (Å²) in [5.41, 5.74) is 1.14. The molecule has 1 N–H and O–H groups in total. The van der Waals surface area contributed by atoms with Crippen molar-refractivity contribution < 1.29 is 13.5 Å². The summed E-state index contributed by atoms with van der Waals surface area (Å²) in [5.74, 6) is 0. The van der Waals surface area contributed by atoms with E-state index in [0.29, 0.717) is 0 Å². The van der Waals surface area contributed by atoms with Crippen molar-refractivity contribution in [3.05, 3.63) is 35.4 Å². The second kappa shape index (κ2) is 3.12. The van der Waals surface area contributed by atoms with E-state index in [4.69, 9.17) is 0 Å². The molecule has 2 saturated carbocycles. The molecule has 0 atom stereocenters. The van der Waals surface area contributed by atoms with E-state index < -0.39 is 20.2 Å². The van der Waals surface area contributed by atoms with E-state index in [9.17, 15) is 13.5 Å². The van der Waals surface area contributed by atoms with Gasteiger partial charge in [-0.25, -0.2) is 8.42 Å². The number of benzene rings is 1. The van der Waals surface area contributed by atoms with E-state index in [1.807, 2.05) is 24.3 Å². The topological polar surface area (TPSA) is 54.4 Å². The summed E-state index contributed by atoms with van der Waals surface area (Å²) in [6.07, 6.45) is 4.36. The third-order valence-corrected chi connectivity index (χ3v) is 6.15. The van der Waals surface area contributed by atoms with E-state index >= 15 is 0 Å². The lowest BCUT2D eigenvalue weighted by atomic mass is 10.0. The van der Waals surface area contributed by atoms with Crippen molar-refractivity contribution in [3.63, 3.8) is 0 Å². The Bertz CT molecular complexity index is 549. The molecule has 0 saturated heterocycles. The van der Waals surface area contributed by atoms with Gasteiger partial charge in [-0.05, 0) is 36.8 Å². The number of hydrogen-bond acceptors (Lipinski definition) is 3. The standard InChI is InChI=1S/C13H16O3S/c1-17(15,16)13(8-9-13)11-4-2-10(3-5-11)12(14)6-7-12/h2-5,14H,6-9H2,1H3. The average Bonchev–Trinajstić information content (AvgIpc) is 3.11. The van der Waals surface area contributed by atoms with Gasteiger partial charge in [-0.2, -0.15) is 0 Å². The van der Waals surface area contributed by atoms with E-state index in [1.54, 1.807) is 0 Å². The first-order valence-electron chi connectivity index (χ1n) is 5.90. The van der Waals surface area contributed by atoms with E-state index in [-0.39, 0.29) is 0 Å². The third-order valence-electron chi connectivity index (χ3n) is 4.09. The van der Waals surface area contributed by atoms with Gasteiger partial charge < -0.3 is 5.11 Å². The van der Waals surface area contributed by atoms with Crippen LogP contribution >= 0.6 is 0 Å². The number of rotatable bonds is 3. The minimum atomic E-state index is -3.04. The maximum Gasteiger partial charge on any atom is 0.157 e. The summed E-state index contributed by atoms with van der Waals surface area (Å²) < 4.78 is 22.9. The van der Waals surface area contributed by atoms with Crippen molar-refractivity contribution >= 4 is 9.84 Å². The van der Waals surface area contributed by atoms with Crippen molar-refractivity contribution in [1.29, 1.82) is 0 Å². The van der Waals surface area contributed by atoms with Gasteiger partial charge in [0.2, 0.25) is 0 Å². The van der Waals surface area contributed by atoms with Gasteiger partial charge in [0, 0.05) is 6.26 Å². The Labute approximate surface area is 101 Å². The van der Waals surface area contributed by atoms with Crippen LogP contribution < -0.4 is 0 Å². The Balaban J connectivity index is 1.96. The van der Waals surface area contributed by atoms with Gasteiger partial charge in [0.15, 0.2) is 9.84 Å². The SMILES string of the molecule is CS(=O)(=O)C1(c2ccc(C3(O)CC3)cc2)CC1. The fourth-order valence-corrected chi connectivity index (χ4v) is 3.89. The molecule has 0 unspecified atom stereocenters. The Morgan fingerprint density at radius 1 is 1.00 bits per heavy atom. The highest BCUT2D eigenvalue weighted by Crippen LogP contribution is 2.53. The van der Waals surface area contributed by atoms with Gasteiger partial charge in [0.25, 0.3) is 0 Å². The largest absolute Gasteiger partial charge is 0.385 e. The highest BCUT2D eigenvalue weighted by Gasteiger charge is 2.53. The van der Waals surface area contributed by atoms with Crippen LogP contribution in [0.3, 0.4) is 0 Å². The Morgan fingerprint density at radius 2 is 1.47 bits per heavy atom. The molecule has 3 rings (SSSR count).